The lowest BCUT2D eigenvalue weighted by molar-refractivity contribution is -0.139. The Morgan fingerprint density at radius 3 is 2.38 bits per heavy atom. The number of methoxy groups -OCH3 is 1. The topological polar surface area (TPSA) is 94.8 Å². The van der Waals surface area contributed by atoms with Gasteiger partial charge in [0.15, 0.2) is 12.4 Å². The van der Waals surface area contributed by atoms with Crippen LogP contribution in [0.1, 0.15) is 17.3 Å². The number of likely N-dealkylation sites (N-methyl/N-ethyl adjacent to an activating group) is 1. The Kier molecular flexibility index (Phi) is 7.04. The number of rotatable bonds is 9. The number of hydrogen-bond donors (Lipinski definition) is 0. The summed E-state index contributed by atoms with van der Waals surface area (Å²) in [5.41, 5.74) is -1.22. The van der Waals surface area contributed by atoms with Crippen molar-refractivity contribution in [3.05, 3.63) is 65.8 Å². The minimum absolute atomic E-state index is 0.00752. The molecule has 32 heavy (non-hydrogen) atoms. The molecule has 0 aliphatic carbocycles. The molecule has 12 heteroatoms. The number of sulfonamides is 1. The SMILES string of the molecule is COc1ccc(OCc2nc(CCN(C)S(=O)(=O)c3ccccc3C(F)(F)F)no2)cc1. The highest BCUT2D eigenvalue weighted by atomic mass is 32.2. The zero-order chi connectivity index (χ0) is 23.4. The zero-order valence-electron chi connectivity index (χ0n) is 17.2. The summed E-state index contributed by atoms with van der Waals surface area (Å²) in [4.78, 5) is 3.31. The zero-order valence-corrected chi connectivity index (χ0v) is 18.0. The average Bonchev–Trinajstić information content (AvgIpc) is 3.23. The van der Waals surface area contributed by atoms with E-state index in [2.05, 4.69) is 10.1 Å². The van der Waals surface area contributed by atoms with Gasteiger partial charge in [-0.05, 0) is 36.4 Å². The number of hydrogen-bond acceptors (Lipinski definition) is 7. The number of alkyl halides is 3. The highest BCUT2D eigenvalue weighted by Crippen LogP contribution is 2.34. The molecule has 0 radical (unpaired) electrons. The third-order valence-electron chi connectivity index (χ3n) is 4.46. The van der Waals surface area contributed by atoms with Gasteiger partial charge >= 0.3 is 6.18 Å². The lowest BCUT2D eigenvalue weighted by Crippen LogP contribution is -2.31. The number of aromatic nitrogens is 2. The van der Waals surface area contributed by atoms with Crippen LogP contribution in [0.25, 0.3) is 0 Å². The molecule has 1 heterocycles. The molecule has 0 saturated carbocycles. The molecular formula is C20H20F3N3O5S. The van der Waals surface area contributed by atoms with E-state index in [4.69, 9.17) is 14.0 Å². The molecule has 0 aliphatic heterocycles. The second-order valence-electron chi connectivity index (χ2n) is 6.64. The molecule has 0 aliphatic rings. The predicted octanol–water partition coefficient (Wildman–Crippen LogP) is 3.54. The van der Waals surface area contributed by atoms with Crippen LogP contribution in [0.3, 0.4) is 0 Å². The summed E-state index contributed by atoms with van der Waals surface area (Å²) in [6.45, 7) is -0.154. The molecular weight excluding hydrogens is 451 g/mol. The maximum absolute atomic E-state index is 13.2. The van der Waals surface area contributed by atoms with Gasteiger partial charge in [0, 0.05) is 20.0 Å². The van der Waals surface area contributed by atoms with Crippen LogP contribution in [-0.4, -0.2) is 43.6 Å². The Morgan fingerprint density at radius 1 is 1.06 bits per heavy atom. The molecule has 0 unspecified atom stereocenters. The molecule has 0 fully saturated rings. The van der Waals surface area contributed by atoms with Crippen LogP contribution in [0.5, 0.6) is 11.5 Å². The molecule has 8 nitrogen and oxygen atoms in total. The molecule has 3 rings (SSSR count). The summed E-state index contributed by atoms with van der Waals surface area (Å²) in [5.74, 6) is 1.60. The van der Waals surface area contributed by atoms with Crippen molar-refractivity contribution in [1.82, 2.24) is 14.4 Å². The van der Waals surface area contributed by atoms with Gasteiger partial charge in [-0.3, -0.25) is 0 Å². The first-order chi connectivity index (χ1) is 15.1. The molecule has 1 aromatic heterocycles. The Labute approximate surface area is 182 Å². The Bertz CT molecular complexity index is 1150. The van der Waals surface area contributed by atoms with Crippen molar-refractivity contribution in [3.63, 3.8) is 0 Å². The van der Waals surface area contributed by atoms with E-state index >= 15 is 0 Å². The van der Waals surface area contributed by atoms with Crippen molar-refractivity contribution in [3.8, 4) is 11.5 Å². The van der Waals surface area contributed by atoms with Gasteiger partial charge in [0.25, 0.3) is 5.89 Å². The second-order valence-corrected chi connectivity index (χ2v) is 8.65. The van der Waals surface area contributed by atoms with E-state index in [1.54, 1.807) is 31.4 Å². The van der Waals surface area contributed by atoms with E-state index in [1.165, 1.54) is 13.1 Å². The quantitative estimate of drug-likeness (QED) is 0.471. The van der Waals surface area contributed by atoms with Gasteiger partial charge in [-0.15, -0.1) is 0 Å². The normalized spacial score (nSPS) is 12.2. The summed E-state index contributed by atoms with van der Waals surface area (Å²) in [5, 5.41) is 3.75. The fourth-order valence-corrected chi connectivity index (χ4v) is 4.12. The van der Waals surface area contributed by atoms with Gasteiger partial charge in [-0.2, -0.15) is 18.2 Å². The molecule has 0 amide bonds. The van der Waals surface area contributed by atoms with Crippen LogP contribution in [0.4, 0.5) is 13.2 Å². The summed E-state index contributed by atoms with van der Waals surface area (Å²) < 4.78 is 81.4. The van der Waals surface area contributed by atoms with Crippen LogP contribution < -0.4 is 9.47 Å². The van der Waals surface area contributed by atoms with Crippen LogP contribution in [0.15, 0.2) is 57.9 Å². The third-order valence-corrected chi connectivity index (χ3v) is 6.38. The van der Waals surface area contributed by atoms with E-state index in [9.17, 15) is 21.6 Å². The van der Waals surface area contributed by atoms with Crippen molar-refractivity contribution < 1.29 is 35.6 Å². The molecule has 172 valence electrons. The largest absolute Gasteiger partial charge is 0.497 e. The first-order valence-corrected chi connectivity index (χ1v) is 10.8. The lowest BCUT2D eigenvalue weighted by Gasteiger charge is -2.19. The van der Waals surface area contributed by atoms with Gasteiger partial charge < -0.3 is 14.0 Å². The molecule has 0 N–H and O–H groups in total. The Hall–Kier alpha value is -3.12. The molecule has 2 aromatic carbocycles. The summed E-state index contributed by atoms with van der Waals surface area (Å²) in [6.07, 6.45) is -4.76. The van der Waals surface area contributed by atoms with E-state index in [1.807, 2.05) is 0 Å². The van der Waals surface area contributed by atoms with Crippen LogP contribution in [0, 0.1) is 0 Å². The van der Waals surface area contributed by atoms with Crippen LogP contribution in [0.2, 0.25) is 0 Å². The first-order valence-electron chi connectivity index (χ1n) is 9.32. The Morgan fingerprint density at radius 2 is 1.72 bits per heavy atom. The summed E-state index contributed by atoms with van der Waals surface area (Å²) >= 11 is 0. The van der Waals surface area contributed by atoms with Crippen molar-refractivity contribution in [2.75, 3.05) is 20.7 Å². The van der Waals surface area contributed by atoms with Crippen molar-refractivity contribution >= 4 is 10.0 Å². The number of ether oxygens (including phenoxy) is 2. The van der Waals surface area contributed by atoms with Crippen LogP contribution >= 0.6 is 0 Å². The standard InChI is InChI=1S/C20H20F3N3O5S/c1-26(32(27,28)17-6-4-3-5-16(17)20(21,22)23)12-11-18-24-19(31-25-18)13-30-15-9-7-14(29-2)8-10-15/h3-10H,11-13H2,1-2H3. The lowest BCUT2D eigenvalue weighted by atomic mass is 10.2. The number of halogens is 3. The van der Waals surface area contributed by atoms with E-state index in [0.29, 0.717) is 11.5 Å². The molecule has 0 saturated heterocycles. The minimum atomic E-state index is -4.79. The van der Waals surface area contributed by atoms with E-state index in [-0.39, 0.29) is 31.3 Å². The molecule has 3 aromatic rings. The van der Waals surface area contributed by atoms with Crippen molar-refractivity contribution in [2.45, 2.75) is 24.1 Å². The number of nitrogens with zero attached hydrogens (tertiary/aromatic N) is 3. The minimum Gasteiger partial charge on any atom is -0.497 e. The number of benzene rings is 2. The van der Waals surface area contributed by atoms with Gasteiger partial charge in [-0.25, -0.2) is 12.7 Å². The fraction of sp³-hybridized carbons (Fsp3) is 0.300. The monoisotopic (exact) mass is 471 g/mol. The highest BCUT2D eigenvalue weighted by Gasteiger charge is 2.38. The third kappa shape index (κ3) is 5.56. The van der Waals surface area contributed by atoms with Gasteiger partial charge in [0.1, 0.15) is 11.5 Å². The van der Waals surface area contributed by atoms with Crippen LogP contribution in [-0.2, 0) is 29.2 Å². The highest BCUT2D eigenvalue weighted by molar-refractivity contribution is 7.89. The summed E-state index contributed by atoms with van der Waals surface area (Å²) in [7, 11) is -1.64. The first kappa shape index (κ1) is 23.5. The fourth-order valence-electron chi connectivity index (χ4n) is 2.74. The molecule has 0 spiro atoms. The van der Waals surface area contributed by atoms with Gasteiger partial charge in [0.2, 0.25) is 10.0 Å². The van der Waals surface area contributed by atoms with E-state index in [0.717, 1.165) is 22.5 Å². The van der Waals surface area contributed by atoms with Crippen molar-refractivity contribution in [2.24, 2.45) is 0 Å². The Balaban J connectivity index is 1.60. The maximum Gasteiger partial charge on any atom is 0.417 e. The van der Waals surface area contributed by atoms with Crippen molar-refractivity contribution in [1.29, 1.82) is 0 Å². The predicted molar refractivity (Wildman–Crippen MR) is 107 cm³/mol. The second kappa shape index (κ2) is 9.57. The summed E-state index contributed by atoms with van der Waals surface area (Å²) in [6, 6.07) is 10.9. The smallest absolute Gasteiger partial charge is 0.417 e. The molecule has 0 bridgehead atoms. The average molecular weight is 471 g/mol. The maximum atomic E-state index is 13.2. The van der Waals surface area contributed by atoms with Gasteiger partial charge in [0.05, 0.1) is 17.6 Å². The van der Waals surface area contributed by atoms with Gasteiger partial charge in [-0.1, -0.05) is 17.3 Å². The van der Waals surface area contributed by atoms with E-state index < -0.39 is 26.7 Å². The molecule has 0 atom stereocenters.